The smallest absolute Gasteiger partial charge is 0.341 e. The Morgan fingerprint density at radius 3 is 2.59 bits per heavy atom. The van der Waals surface area contributed by atoms with Crippen LogP contribution in [-0.4, -0.2) is 38.2 Å². The second-order valence-electron chi connectivity index (χ2n) is 5.50. The van der Waals surface area contributed by atoms with Crippen LogP contribution in [0.1, 0.15) is 22.8 Å². The van der Waals surface area contributed by atoms with Crippen molar-refractivity contribution in [2.45, 2.75) is 13.0 Å². The molecule has 27 heavy (non-hydrogen) atoms. The Morgan fingerprint density at radius 2 is 1.93 bits per heavy atom. The minimum Gasteiger partial charge on any atom is -0.449 e. The maximum atomic E-state index is 12.5. The molecule has 0 bridgehead atoms. The van der Waals surface area contributed by atoms with E-state index in [9.17, 15) is 9.59 Å². The Balaban J connectivity index is 1.69. The van der Waals surface area contributed by atoms with E-state index in [-0.39, 0.29) is 5.56 Å². The van der Waals surface area contributed by atoms with Crippen molar-refractivity contribution >= 4 is 17.6 Å². The summed E-state index contributed by atoms with van der Waals surface area (Å²) in [5.74, 6) is -1.17. The Labute approximate surface area is 154 Å². The predicted molar refractivity (Wildman–Crippen MR) is 93.8 cm³/mol. The van der Waals surface area contributed by atoms with E-state index in [2.05, 4.69) is 20.8 Å². The van der Waals surface area contributed by atoms with E-state index in [4.69, 9.17) is 10.00 Å². The molecule has 0 spiro atoms. The van der Waals surface area contributed by atoms with Crippen LogP contribution in [-0.2, 0) is 9.53 Å². The molecule has 2 aromatic carbocycles. The molecule has 0 unspecified atom stereocenters. The van der Waals surface area contributed by atoms with Crippen LogP contribution in [0.2, 0.25) is 0 Å². The molecule has 0 saturated heterocycles. The van der Waals surface area contributed by atoms with Crippen molar-refractivity contribution in [1.82, 2.24) is 20.2 Å². The fourth-order valence-electron chi connectivity index (χ4n) is 2.27. The van der Waals surface area contributed by atoms with Gasteiger partial charge in [-0.2, -0.15) is 9.94 Å². The first-order valence-electron chi connectivity index (χ1n) is 7.93. The largest absolute Gasteiger partial charge is 0.449 e. The SMILES string of the molecule is C[C@H](OC(=O)c1ccccc1-n1cnnn1)C(=O)Nc1ccc(C#N)cc1. The molecule has 0 fully saturated rings. The van der Waals surface area contributed by atoms with Gasteiger partial charge in [-0.05, 0) is 53.7 Å². The number of benzene rings is 2. The number of ether oxygens (including phenoxy) is 1. The number of nitriles is 1. The molecular weight excluding hydrogens is 348 g/mol. The highest BCUT2D eigenvalue weighted by Crippen LogP contribution is 2.15. The molecule has 0 aliphatic rings. The van der Waals surface area contributed by atoms with Gasteiger partial charge >= 0.3 is 5.97 Å². The zero-order valence-electron chi connectivity index (χ0n) is 14.2. The molecule has 9 nitrogen and oxygen atoms in total. The van der Waals surface area contributed by atoms with Crippen LogP contribution in [0.15, 0.2) is 54.9 Å². The van der Waals surface area contributed by atoms with E-state index >= 15 is 0 Å². The van der Waals surface area contributed by atoms with Gasteiger partial charge < -0.3 is 10.1 Å². The summed E-state index contributed by atoms with van der Waals surface area (Å²) in [6.45, 7) is 1.47. The molecule has 9 heteroatoms. The van der Waals surface area contributed by atoms with Crippen LogP contribution in [0.5, 0.6) is 0 Å². The number of para-hydroxylation sites is 1. The molecule has 1 N–H and O–H groups in total. The van der Waals surface area contributed by atoms with Gasteiger partial charge in [0.25, 0.3) is 5.91 Å². The first-order chi connectivity index (χ1) is 13.1. The lowest BCUT2D eigenvalue weighted by Crippen LogP contribution is -2.30. The number of hydrogen-bond donors (Lipinski definition) is 1. The molecule has 0 aliphatic heterocycles. The van der Waals surface area contributed by atoms with Gasteiger partial charge in [0.05, 0.1) is 22.9 Å². The number of carbonyl (C=O) groups is 2. The molecule has 0 aliphatic carbocycles. The van der Waals surface area contributed by atoms with Crippen molar-refractivity contribution in [2.24, 2.45) is 0 Å². The maximum Gasteiger partial charge on any atom is 0.341 e. The zero-order valence-corrected chi connectivity index (χ0v) is 14.2. The molecule has 0 saturated carbocycles. The van der Waals surface area contributed by atoms with Gasteiger partial charge in [0.15, 0.2) is 6.10 Å². The van der Waals surface area contributed by atoms with E-state index in [1.165, 1.54) is 17.9 Å². The van der Waals surface area contributed by atoms with Crippen molar-refractivity contribution in [3.8, 4) is 11.8 Å². The van der Waals surface area contributed by atoms with Crippen molar-refractivity contribution in [3.63, 3.8) is 0 Å². The highest BCUT2D eigenvalue weighted by Gasteiger charge is 2.21. The molecule has 0 radical (unpaired) electrons. The zero-order chi connectivity index (χ0) is 19.2. The summed E-state index contributed by atoms with van der Waals surface area (Å²) in [6, 6.07) is 15.0. The second-order valence-corrected chi connectivity index (χ2v) is 5.50. The third-order valence-electron chi connectivity index (χ3n) is 3.65. The summed E-state index contributed by atoms with van der Waals surface area (Å²) >= 11 is 0. The van der Waals surface area contributed by atoms with Crippen LogP contribution in [0.4, 0.5) is 5.69 Å². The predicted octanol–water partition coefficient (Wildman–Crippen LogP) is 1.72. The topological polar surface area (TPSA) is 123 Å². The molecular formula is C18H14N6O3. The third-order valence-corrected chi connectivity index (χ3v) is 3.65. The van der Waals surface area contributed by atoms with Crippen molar-refractivity contribution in [2.75, 3.05) is 5.32 Å². The fraction of sp³-hybridized carbons (Fsp3) is 0.111. The van der Waals surface area contributed by atoms with Gasteiger partial charge in [0, 0.05) is 5.69 Å². The van der Waals surface area contributed by atoms with Gasteiger partial charge in [-0.25, -0.2) is 4.79 Å². The van der Waals surface area contributed by atoms with Crippen LogP contribution < -0.4 is 5.32 Å². The molecule has 1 amide bonds. The highest BCUT2D eigenvalue weighted by molar-refractivity contribution is 5.98. The quantitative estimate of drug-likeness (QED) is 0.685. The number of esters is 1. The first-order valence-corrected chi connectivity index (χ1v) is 7.93. The molecule has 1 aromatic heterocycles. The second kappa shape index (κ2) is 7.88. The summed E-state index contributed by atoms with van der Waals surface area (Å²) in [6.07, 6.45) is 0.322. The Hall–Kier alpha value is -4.06. The summed E-state index contributed by atoms with van der Waals surface area (Å²) in [4.78, 5) is 24.7. The Bertz CT molecular complexity index is 993. The summed E-state index contributed by atoms with van der Waals surface area (Å²) in [5.41, 5.74) is 1.64. The van der Waals surface area contributed by atoms with Crippen molar-refractivity contribution in [1.29, 1.82) is 5.26 Å². The number of amides is 1. The standard InChI is InChI=1S/C18H14N6O3/c1-12(17(25)21-14-8-6-13(10-19)7-9-14)27-18(26)15-4-2-3-5-16(15)24-11-20-22-23-24/h2-9,11-12H,1H3,(H,21,25)/t12-/m0/s1. The monoisotopic (exact) mass is 362 g/mol. The van der Waals surface area contributed by atoms with Gasteiger partial charge in [-0.3, -0.25) is 4.79 Å². The number of rotatable bonds is 5. The van der Waals surface area contributed by atoms with E-state index in [1.807, 2.05) is 6.07 Å². The van der Waals surface area contributed by atoms with Crippen LogP contribution >= 0.6 is 0 Å². The Morgan fingerprint density at radius 1 is 1.19 bits per heavy atom. The van der Waals surface area contributed by atoms with Gasteiger partial charge in [-0.15, -0.1) is 5.10 Å². The van der Waals surface area contributed by atoms with Gasteiger partial charge in [-0.1, -0.05) is 12.1 Å². The molecule has 1 heterocycles. The number of nitrogens with zero attached hydrogens (tertiary/aromatic N) is 5. The number of anilines is 1. The lowest BCUT2D eigenvalue weighted by Gasteiger charge is -2.15. The Kier molecular flexibility index (Phi) is 5.18. The summed E-state index contributed by atoms with van der Waals surface area (Å²) in [7, 11) is 0. The van der Waals surface area contributed by atoms with E-state index < -0.39 is 18.0 Å². The molecule has 3 aromatic rings. The molecule has 3 rings (SSSR count). The van der Waals surface area contributed by atoms with Gasteiger partial charge in [0.1, 0.15) is 6.33 Å². The summed E-state index contributed by atoms with van der Waals surface area (Å²) in [5, 5.41) is 22.3. The third kappa shape index (κ3) is 4.13. The average molecular weight is 362 g/mol. The molecule has 1 atom stereocenters. The minimum atomic E-state index is -1.03. The lowest BCUT2D eigenvalue weighted by molar-refractivity contribution is -0.123. The average Bonchev–Trinajstić information content (AvgIpc) is 3.23. The number of nitrogens with one attached hydrogen (secondary N) is 1. The van der Waals surface area contributed by atoms with Crippen molar-refractivity contribution in [3.05, 3.63) is 66.0 Å². The molecule has 134 valence electrons. The number of carbonyl (C=O) groups excluding carboxylic acids is 2. The maximum absolute atomic E-state index is 12.5. The number of hydrogen-bond acceptors (Lipinski definition) is 7. The van der Waals surface area contributed by atoms with Crippen LogP contribution in [0.25, 0.3) is 5.69 Å². The van der Waals surface area contributed by atoms with Crippen molar-refractivity contribution < 1.29 is 14.3 Å². The normalized spacial score (nSPS) is 11.3. The van der Waals surface area contributed by atoms with E-state index in [0.717, 1.165) is 0 Å². The van der Waals surface area contributed by atoms with E-state index in [1.54, 1.807) is 48.5 Å². The van der Waals surface area contributed by atoms with Gasteiger partial charge in [0.2, 0.25) is 0 Å². The minimum absolute atomic E-state index is 0.225. The number of tetrazole rings is 1. The van der Waals surface area contributed by atoms with Crippen LogP contribution in [0, 0.1) is 11.3 Å². The summed E-state index contributed by atoms with van der Waals surface area (Å²) < 4.78 is 6.60. The van der Waals surface area contributed by atoms with Crippen LogP contribution in [0.3, 0.4) is 0 Å². The number of aromatic nitrogens is 4. The van der Waals surface area contributed by atoms with E-state index in [0.29, 0.717) is 16.9 Å². The fourth-order valence-corrected chi connectivity index (χ4v) is 2.27. The first kappa shape index (κ1) is 17.8. The highest BCUT2D eigenvalue weighted by atomic mass is 16.5. The lowest BCUT2D eigenvalue weighted by atomic mass is 10.2.